The van der Waals surface area contributed by atoms with Crippen molar-refractivity contribution in [3.63, 3.8) is 0 Å². The van der Waals surface area contributed by atoms with Crippen LogP contribution in [0, 0.1) is 0 Å². The van der Waals surface area contributed by atoms with Gasteiger partial charge in [-0.3, -0.25) is 10.1 Å². The van der Waals surface area contributed by atoms with Gasteiger partial charge in [0.15, 0.2) is 5.15 Å². The second-order valence-corrected chi connectivity index (χ2v) is 5.85. The van der Waals surface area contributed by atoms with Crippen molar-refractivity contribution >= 4 is 35.0 Å². The number of carbonyl (C=O) groups is 2. The summed E-state index contributed by atoms with van der Waals surface area (Å²) in [7, 11) is 0. The summed E-state index contributed by atoms with van der Waals surface area (Å²) in [5, 5.41) is 5.39. The molecule has 0 radical (unpaired) electrons. The molecule has 0 saturated heterocycles. The summed E-state index contributed by atoms with van der Waals surface area (Å²) in [6, 6.07) is 1.59. The van der Waals surface area contributed by atoms with Crippen LogP contribution in [0.5, 0.6) is 0 Å². The molecule has 1 aliphatic heterocycles. The lowest BCUT2D eigenvalue weighted by Crippen LogP contribution is -2.27. The van der Waals surface area contributed by atoms with Gasteiger partial charge in [-0.25, -0.2) is 9.78 Å². The minimum atomic E-state index is -0.622. The minimum absolute atomic E-state index is 0.0789. The highest BCUT2D eigenvalue weighted by molar-refractivity contribution is 6.32. The highest BCUT2D eigenvalue weighted by Gasteiger charge is 2.21. The number of pyridine rings is 1. The normalized spacial score (nSPS) is 14.3. The van der Waals surface area contributed by atoms with Gasteiger partial charge in [-0.1, -0.05) is 11.6 Å². The maximum atomic E-state index is 11.7. The third kappa shape index (κ3) is 3.60. The van der Waals surface area contributed by atoms with Crippen LogP contribution in [0.1, 0.15) is 32.9 Å². The molecule has 0 spiro atoms. The first kappa shape index (κ1) is 14.6. The Morgan fingerprint density at radius 1 is 1.45 bits per heavy atom. The van der Waals surface area contributed by atoms with Crippen molar-refractivity contribution < 1.29 is 14.3 Å². The number of aromatic nitrogens is 1. The Morgan fingerprint density at radius 3 is 2.80 bits per heavy atom. The first-order chi connectivity index (χ1) is 9.24. The number of ether oxygens (including phenoxy) is 1. The van der Waals surface area contributed by atoms with Crippen LogP contribution < -0.4 is 10.6 Å². The molecule has 108 valence electrons. The molecule has 0 saturated carbocycles. The summed E-state index contributed by atoms with van der Waals surface area (Å²) in [4.78, 5) is 27.2. The molecule has 1 aromatic rings. The van der Waals surface area contributed by atoms with Gasteiger partial charge in [0.1, 0.15) is 5.60 Å². The fourth-order valence-electron chi connectivity index (χ4n) is 1.77. The van der Waals surface area contributed by atoms with Crippen molar-refractivity contribution in [3.8, 4) is 0 Å². The Balaban J connectivity index is 2.18. The van der Waals surface area contributed by atoms with Gasteiger partial charge in [-0.2, -0.15) is 0 Å². The van der Waals surface area contributed by atoms with E-state index in [4.69, 9.17) is 16.3 Å². The summed E-state index contributed by atoms with van der Waals surface area (Å²) in [6.07, 6.45) is 0.297. The monoisotopic (exact) mass is 297 g/mol. The molecule has 0 unspecified atom stereocenters. The van der Waals surface area contributed by atoms with Crippen molar-refractivity contribution in [1.82, 2.24) is 4.98 Å². The fraction of sp³-hybridized carbons (Fsp3) is 0.462. The summed E-state index contributed by atoms with van der Waals surface area (Å²) < 4.78 is 5.14. The van der Waals surface area contributed by atoms with Gasteiger partial charge in [0.2, 0.25) is 5.91 Å². The number of anilines is 2. The Bertz CT molecular complexity index is 567. The number of hydrogen-bond donors (Lipinski definition) is 2. The molecular formula is C13H16ClN3O3. The quantitative estimate of drug-likeness (QED) is 0.781. The Kier molecular flexibility index (Phi) is 3.85. The number of halogens is 1. The average molecular weight is 298 g/mol. The van der Waals surface area contributed by atoms with Crippen LogP contribution in [-0.2, 0) is 16.0 Å². The molecular weight excluding hydrogens is 282 g/mol. The zero-order valence-electron chi connectivity index (χ0n) is 11.5. The number of carbonyl (C=O) groups excluding carboxylic acids is 2. The van der Waals surface area contributed by atoms with Crippen molar-refractivity contribution in [2.24, 2.45) is 0 Å². The molecule has 2 amide bonds. The fourth-order valence-corrected chi connectivity index (χ4v) is 1.97. The summed E-state index contributed by atoms with van der Waals surface area (Å²) in [5.74, 6) is -0.0789. The van der Waals surface area contributed by atoms with Gasteiger partial charge >= 0.3 is 6.09 Å². The van der Waals surface area contributed by atoms with E-state index in [0.717, 1.165) is 0 Å². The van der Waals surface area contributed by atoms with Crippen molar-refractivity contribution in [2.75, 3.05) is 10.6 Å². The molecule has 7 heteroatoms. The van der Waals surface area contributed by atoms with E-state index in [9.17, 15) is 9.59 Å². The van der Waals surface area contributed by atoms with E-state index in [2.05, 4.69) is 15.6 Å². The predicted molar refractivity (Wildman–Crippen MR) is 76.1 cm³/mol. The lowest BCUT2D eigenvalue weighted by Gasteiger charge is -2.21. The van der Waals surface area contributed by atoms with Gasteiger partial charge in [-0.15, -0.1) is 0 Å². The smallest absolute Gasteiger partial charge is 0.412 e. The van der Waals surface area contributed by atoms with Crippen LogP contribution in [0.3, 0.4) is 0 Å². The highest BCUT2D eigenvalue weighted by Crippen LogP contribution is 2.29. The summed E-state index contributed by atoms with van der Waals surface area (Å²) in [5.41, 5.74) is 0.981. The molecule has 2 N–H and O–H groups in total. The number of hydrogen-bond acceptors (Lipinski definition) is 4. The zero-order chi connectivity index (χ0) is 14.9. The Hall–Kier alpha value is -1.82. The second-order valence-electron chi connectivity index (χ2n) is 5.50. The number of amides is 2. The molecule has 2 rings (SSSR count). The zero-order valence-corrected chi connectivity index (χ0v) is 12.3. The molecule has 1 aliphatic rings. The molecule has 0 bridgehead atoms. The lowest BCUT2D eigenvalue weighted by molar-refractivity contribution is -0.116. The van der Waals surface area contributed by atoms with Crippen LogP contribution >= 0.6 is 11.6 Å². The van der Waals surface area contributed by atoms with Gasteiger partial charge in [0.25, 0.3) is 0 Å². The number of nitrogens with one attached hydrogen (secondary N) is 2. The topological polar surface area (TPSA) is 80.3 Å². The van der Waals surface area contributed by atoms with Crippen LogP contribution in [0.15, 0.2) is 6.07 Å². The summed E-state index contributed by atoms with van der Waals surface area (Å²) >= 11 is 6.02. The maximum absolute atomic E-state index is 11.7. The molecule has 6 nitrogen and oxygen atoms in total. The Morgan fingerprint density at radius 2 is 2.15 bits per heavy atom. The van der Waals surface area contributed by atoms with E-state index in [0.29, 0.717) is 29.9 Å². The molecule has 0 atom stereocenters. The van der Waals surface area contributed by atoms with Crippen molar-refractivity contribution in [2.45, 2.75) is 39.2 Å². The standard InChI is InChI=1S/C13H16ClN3O3/c1-13(2,3)20-12(19)17-9-6-8-7(16-11(9)14)4-5-10(18)15-8/h6H,4-5H2,1-3H3,(H,15,18)(H,17,19). The van der Waals surface area contributed by atoms with Gasteiger partial charge in [-0.05, 0) is 26.8 Å². The summed E-state index contributed by atoms with van der Waals surface area (Å²) in [6.45, 7) is 5.29. The number of aryl methyl sites for hydroxylation is 1. The van der Waals surface area contributed by atoms with Crippen LogP contribution in [0.2, 0.25) is 5.15 Å². The molecule has 0 fully saturated rings. The second kappa shape index (κ2) is 5.28. The molecule has 0 aromatic carbocycles. The van der Waals surface area contributed by atoms with E-state index in [1.54, 1.807) is 26.8 Å². The molecule has 1 aromatic heterocycles. The van der Waals surface area contributed by atoms with Gasteiger partial charge in [0, 0.05) is 12.8 Å². The first-order valence-corrected chi connectivity index (χ1v) is 6.62. The Labute approximate surface area is 121 Å². The predicted octanol–water partition coefficient (Wildman–Crippen LogP) is 2.97. The van der Waals surface area contributed by atoms with E-state index in [1.807, 2.05) is 0 Å². The number of nitrogens with zero attached hydrogens (tertiary/aromatic N) is 1. The van der Waals surface area contributed by atoms with Crippen molar-refractivity contribution in [1.29, 1.82) is 0 Å². The maximum Gasteiger partial charge on any atom is 0.412 e. The third-order valence-corrected chi connectivity index (χ3v) is 2.84. The van der Waals surface area contributed by atoms with Crippen LogP contribution in [0.25, 0.3) is 0 Å². The molecule has 20 heavy (non-hydrogen) atoms. The average Bonchev–Trinajstić information content (AvgIpc) is 2.28. The van der Waals surface area contributed by atoms with Gasteiger partial charge in [0.05, 0.1) is 17.1 Å². The third-order valence-electron chi connectivity index (χ3n) is 2.55. The van der Waals surface area contributed by atoms with E-state index >= 15 is 0 Å². The minimum Gasteiger partial charge on any atom is -0.444 e. The SMILES string of the molecule is CC(C)(C)OC(=O)Nc1cc2c(nc1Cl)CCC(=O)N2. The van der Waals surface area contributed by atoms with E-state index < -0.39 is 11.7 Å². The van der Waals surface area contributed by atoms with E-state index in [-0.39, 0.29) is 11.1 Å². The van der Waals surface area contributed by atoms with Crippen molar-refractivity contribution in [3.05, 3.63) is 16.9 Å². The molecule has 2 heterocycles. The molecule has 0 aliphatic carbocycles. The number of rotatable bonds is 1. The lowest BCUT2D eigenvalue weighted by atomic mass is 10.1. The van der Waals surface area contributed by atoms with E-state index in [1.165, 1.54) is 0 Å². The largest absolute Gasteiger partial charge is 0.444 e. The van der Waals surface area contributed by atoms with Crippen LogP contribution in [0.4, 0.5) is 16.2 Å². The van der Waals surface area contributed by atoms with Crippen LogP contribution in [-0.4, -0.2) is 22.6 Å². The van der Waals surface area contributed by atoms with Gasteiger partial charge < -0.3 is 10.1 Å². The first-order valence-electron chi connectivity index (χ1n) is 6.24. The number of fused-ring (bicyclic) bond motifs is 1. The highest BCUT2D eigenvalue weighted by atomic mass is 35.5.